The van der Waals surface area contributed by atoms with Crippen LogP contribution in [-0.4, -0.2) is 42.5 Å². The zero-order chi connectivity index (χ0) is 24.7. The Bertz CT molecular complexity index is 952. The smallest absolute Gasteiger partial charge is 0.417 e. The van der Waals surface area contributed by atoms with E-state index in [0.717, 1.165) is 25.0 Å². The predicted molar refractivity (Wildman–Crippen MR) is 122 cm³/mol. The van der Waals surface area contributed by atoms with Crippen molar-refractivity contribution >= 4 is 29.1 Å². The number of carbonyl (C=O) groups is 1. The molecular formula is C23H25Cl2F3N2O4. The lowest BCUT2D eigenvalue weighted by Crippen LogP contribution is -2.47. The van der Waals surface area contributed by atoms with E-state index < -0.39 is 35.5 Å². The summed E-state index contributed by atoms with van der Waals surface area (Å²) in [5.41, 5.74) is -1.02. The molecule has 2 aromatic rings. The first-order valence-corrected chi connectivity index (χ1v) is 11.5. The minimum atomic E-state index is -4.61. The first-order chi connectivity index (χ1) is 16.1. The van der Waals surface area contributed by atoms with E-state index in [0.29, 0.717) is 23.6 Å². The molecule has 0 bridgehead atoms. The highest BCUT2D eigenvalue weighted by atomic mass is 35.5. The molecule has 0 radical (unpaired) electrons. The average molecular weight is 521 g/mol. The van der Waals surface area contributed by atoms with Gasteiger partial charge in [-0.3, -0.25) is 10.1 Å². The van der Waals surface area contributed by atoms with Gasteiger partial charge in [0.25, 0.3) is 5.91 Å². The van der Waals surface area contributed by atoms with Gasteiger partial charge in [0.15, 0.2) is 6.61 Å². The highest BCUT2D eigenvalue weighted by molar-refractivity contribution is 6.31. The van der Waals surface area contributed by atoms with E-state index in [9.17, 15) is 23.1 Å². The molecule has 0 saturated heterocycles. The summed E-state index contributed by atoms with van der Waals surface area (Å²) < 4.78 is 49.5. The van der Waals surface area contributed by atoms with Gasteiger partial charge in [-0.1, -0.05) is 23.2 Å². The Morgan fingerprint density at radius 1 is 1.00 bits per heavy atom. The van der Waals surface area contributed by atoms with E-state index in [-0.39, 0.29) is 24.4 Å². The Morgan fingerprint density at radius 3 is 2.26 bits per heavy atom. The van der Waals surface area contributed by atoms with Crippen LogP contribution in [0.4, 0.5) is 13.2 Å². The second kappa shape index (κ2) is 12.0. The van der Waals surface area contributed by atoms with Gasteiger partial charge in [0.05, 0.1) is 10.6 Å². The van der Waals surface area contributed by atoms with Crippen LogP contribution in [0.15, 0.2) is 42.5 Å². The zero-order valence-corrected chi connectivity index (χ0v) is 19.6. The molecular weight excluding hydrogens is 496 g/mol. The third-order valence-corrected chi connectivity index (χ3v) is 5.94. The first kappa shape index (κ1) is 26.4. The van der Waals surface area contributed by atoms with Gasteiger partial charge in [-0.25, -0.2) is 0 Å². The number of alkyl halides is 3. The quantitative estimate of drug-likeness (QED) is 0.413. The number of rotatable bonds is 9. The lowest BCUT2D eigenvalue weighted by molar-refractivity contribution is -0.137. The molecule has 1 atom stereocenters. The number of nitrogens with one attached hydrogen (secondary N) is 2. The van der Waals surface area contributed by atoms with Crippen molar-refractivity contribution < 1.29 is 32.5 Å². The van der Waals surface area contributed by atoms with Gasteiger partial charge in [-0.05, 0) is 68.1 Å². The SMILES string of the molecule is O=C(COc1ccc(Cl)c(C(F)(F)F)c1)NC1CCC(NC(O)COc2ccc(Cl)cc2)CC1. The molecule has 186 valence electrons. The van der Waals surface area contributed by atoms with Crippen LogP contribution in [0, 0.1) is 0 Å². The summed E-state index contributed by atoms with van der Waals surface area (Å²) in [7, 11) is 0. The van der Waals surface area contributed by atoms with E-state index in [4.69, 9.17) is 32.7 Å². The monoisotopic (exact) mass is 520 g/mol. The molecule has 1 unspecified atom stereocenters. The lowest BCUT2D eigenvalue weighted by atomic mass is 9.91. The molecule has 11 heteroatoms. The first-order valence-electron chi connectivity index (χ1n) is 10.7. The van der Waals surface area contributed by atoms with Gasteiger partial charge >= 0.3 is 6.18 Å². The standard InChI is InChI=1S/C23H25Cl2F3N2O4/c24-14-1-7-17(8-2-14)33-12-21(31)29-15-3-5-16(6-4-15)30-22(32)13-34-18-9-10-20(25)19(11-18)23(26,27)28/h1-2,7-11,15-16,21,29,31H,3-6,12-13H2,(H,30,32). The van der Waals surface area contributed by atoms with Crippen molar-refractivity contribution in [1.82, 2.24) is 10.6 Å². The summed E-state index contributed by atoms with van der Waals surface area (Å²) in [4.78, 5) is 12.2. The minimum Gasteiger partial charge on any atom is -0.489 e. The molecule has 0 spiro atoms. The topological polar surface area (TPSA) is 79.8 Å². The third-order valence-electron chi connectivity index (χ3n) is 5.36. The van der Waals surface area contributed by atoms with E-state index in [1.54, 1.807) is 24.3 Å². The van der Waals surface area contributed by atoms with Crippen LogP contribution in [0.3, 0.4) is 0 Å². The molecule has 0 aromatic heterocycles. The number of halogens is 5. The molecule has 1 fully saturated rings. The van der Waals surface area contributed by atoms with Gasteiger partial charge < -0.3 is 19.9 Å². The highest BCUT2D eigenvalue weighted by Gasteiger charge is 2.33. The molecule has 3 N–H and O–H groups in total. The van der Waals surface area contributed by atoms with Crippen LogP contribution in [0.1, 0.15) is 31.2 Å². The van der Waals surface area contributed by atoms with Gasteiger partial charge in [0, 0.05) is 17.1 Å². The fourth-order valence-electron chi connectivity index (χ4n) is 3.66. The van der Waals surface area contributed by atoms with Crippen LogP contribution in [0.5, 0.6) is 11.5 Å². The molecule has 1 aliphatic carbocycles. The van der Waals surface area contributed by atoms with Crippen LogP contribution < -0.4 is 20.1 Å². The number of aliphatic hydroxyl groups is 1. The fraction of sp³-hybridized carbons (Fsp3) is 0.435. The van der Waals surface area contributed by atoms with Gasteiger partial charge in [-0.15, -0.1) is 0 Å². The van der Waals surface area contributed by atoms with Crippen LogP contribution in [0.2, 0.25) is 10.0 Å². The third kappa shape index (κ3) is 8.23. The average Bonchev–Trinajstić information content (AvgIpc) is 2.79. The highest BCUT2D eigenvalue weighted by Crippen LogP contribution is 2.36. The Balaban J connectivity index is 1.35. The number of hydrogen-bond donors (Lipinski definition) is 3. The summed E-state index contributed by atoms with van der Waals surface area (Å²) in [5.74, 6) is 0.0954. The van der Waals surface area contributed by atoms with E-state index >= 15 is 0 Å². The van der Waals surface area contributed by atoms with E-state index in [1.165, 1.54) is 6.07 Å². The Hall–Kier alpha value is -2.20. The van der Waals surface area contributed by atoms with Crippen LogP contribution in [-0.2, 0) is 11.0 Å². The van der Waals surface area contributed by atoms with Crippen LogP contribution in [0.25, 0.3) is 0 Å². The molecule has 0 aliphatic heterocycles. The number of carbonyl (C=O) groups excluding carboxylic acids is 1. The van der Waals surface area contributed by atoms with E-state index in [1.807, 2.05) is 0 Å². The van der Waals surface area contributed by atoms with Crippen LogP contribution >= 0.6 is 23.2 Å². The minimum absolute atomic E-state index is 0.0723. The Labute approximate surface area is 205 Å². The van der Waals surface area contributed by atoms with Crippen molar-refractivity contribution in [3.63, 3.8) is 0 Å². The fourth-order valence-corrected chi connectivity index (χ4v) is 4.01. The van der Waals surface area contributed by atoms with E-state index in [2.05, 4.69) is 10.6 Å². The summed E-state index contributed by atoms with van der Waals surface area (Å²) >= 11 is 11.4. The molecule has 1 saturated carbocycles. The van der Waals surface area contributed by atoms with Crippen molar-refractivity contribution in [2.75, 3.05) is 13.2 Å². The number of hydrogen-bond acceptors (Lipinski definition) is 5. The molecule has 0 heterocycles. The largest absolute Gasteiger partial charge is 0.489 e. The molecule has 6 nitrogen and oxygen atoms in total. The van der Waals surface area contributed by atoms with Crippen molar-refractivity contribution in [2.24, 2.45) is 0 Å². The summed E-state index contributed by atoms with van der Waals surface area (Å²) in [6.45, 7) is -0.325. The van der Waals surface area contributed by atoms with Crippen molar-refractivity contribution in [3.05, 3.63) is 58.1 Å². The normalized spacial score (nSPS) is 19.4. The Morgan fingerprint density at radius 2 is 1.62 bits per heavy atom. The summed E-state index contributed by atoms with van der Waals surface area (Å²) in [6.07, 6.45) is -2.62. The Kier molecular flexibility index (Phi) is 9.30. The molecule has 1 aliphatic rings. The summed E-state index contributed by atoms with van der Waals surface area (Å²) in [6, 6.07) is 9.97. The molecule has 2 aromatic carbocycles. The maximum Gasteiger partial charge on any atom is 0.417 e. The van der Waals surface area contributed by atoms with Crippen molar-refractivity contribution in [3.8, 4) is 11.5 Å². The van der Waals surface area contributed by atoms with Crippen molar-refractivity contribution in [2.45, 2.75) is 50.2 Å². The number of ether oxygens (including phenoxy) is 2. The zero-order valence-electron chi connectivity index (χ0n) is 18.1. The second-order valence-corrected chi connectivity index (χ2v) is 8.84. The van der Waals surface area contributed by atoms with Gasteiger partial charge in [0.2, 0.25) is 0 Å². The number of amides is 1. The lowest BCUT2D eigenvalue weighted by Gasteiger charge is -2.31. The second-order valence-electron chi connectivity index (χ2n) is 7.99. The van der Waals surface area contributed by atoms with Gasteiger partial charge in [-0.2, -0.15) is 13.2 Å². The van der Waals surface area contributed by atoms with Gasteiger partial charge in [0.1, 0.15) is 24.3 Å². The number of aliphatic hydroxyl groups excluding tert-OH is 1. The van der Waals surface area contributed by atoms with Crippen molar-refractivity contribution in [1.29, 1.82) is 0 Å². The molecule has 1 amide bonds. The predicted octanol–water partition coefficient (Wildman–Crippen LogP) is 4.81. The maximum atomic E-state index is 12.9. The molecule has 34 heavy (non-hydrogen) atoms. The molecule has 3 rings (SSSR count). The maximum absolute atomic E-state index is 12.9. The summed E-state index contributed by atoms with van der Waals surface area (Å²) in [5, 5.41) is 16.3. The number of benzene rings is 2.